The maximum absolute atomic E-state index is 10.5. The lowest BCUT2D eigenvalue weighted by Crippen LogP contribution is -1.94. The summed E-state index contributed by atoms with van der Waals surface area (Å²) in [6.45, 7) is 1.76. The van der Waals surface area contributed by atoms with Crippen LogP contribution in [-0.4, -0.2) is 31.7 Å². The Morgan fingerprint density at radius 3 is 2.20 bits per heavy atom. The Balaban J connectivity index is 0.000000583. The molecule has 0 aliphatic rings. The van der Waals surface area contributed by atoms with E-state index in [1.807, 2.05) is 14.1 Å². The molecule has 0 radical (unpaired) electrons. The van der Waals surface area contributed by atoms with Crippen molar-refractivity contribution in [3.8, 4) is 5.75 Å². The van der Waals surface area contributed by atoms with Crippen molar-refractivity contribution < 1.29 is 9.90 Å². The molecule has 0 atom stereocenters. The van der Waals surface area contributed by atoms with Crippen LogP contribution < -0.4 is 5.32 Å². The number of hydrogen-bond donors (Lipinski definition) is 3. The van der Waals surface area contributed by atoms with E-state index in [4.69, 9.17) is 5.41 Å². The van der Waals surface area contributed by atoms with E-state index in [2.05, 4.69) is 5.32 Å². The van der Waals surface area contributed by atoms with Gasteiger partial charge in [0.1, 0.15) is 5.75 Å². The highest BCUT2D eigenvalue weighted by molar-refractivity contribution is 5.95. The molecule has 4 heteroatoms. The van der Waals surface area contributed by atoms with Gasteiger partial charge in [0.05, 0.1) is 0 Å². The van der Waals surface area contributed by atoms with E-state index >= 15 is 0 Å². The van der Waals surface area contributed by atoms with E-state index in [-0.39, 0.29) is 11.3 Å². The number of aldehydes is 1. The summed E-state index contributed by atoms with van der Waals surface area (Å²) in [6.07, 6.45) is 1.63. The molecule has 0 unspecified atom stereocenters. The molecule has 0 aliphatic heterocycles. The Bertz CT molecular complexity index is 316. The normalized spacial score (nSPS) is 8.73. The predicted molar refractivity (Wildman–Crippen MR) is 61.1 cm³/mol. The Kier molecular flexibility index (Phi) is 5.97. The number of nitrogens with one attached hydrogen (secondary N) is 2. The topological polar surface area (TPSA) is 73.2 Å². The number of rotatable bonds is 2. The van der Waals surface area contributed by atoms with E-state index in [0.717, 1.165) is 11.8 Å². The highest BCUT2D eigenvalue weighted by Crippen LogP contribution is 2.20. The van der Waals surface area contributed by atoms with Gasteiger partial charge in [0.15, 0.2) is 6.29 Å². The predicted octanol–water partition coefficient (Wildman–Crippen LogP) is 1.35. The van der Waals surface area contributed by atoms with Gasteiger partial charge in [-0.05, 0) is 32.6 Å². The standard InChI is InChI=1S/C9H9NO2.C2H7N/c1-6-2-3-9(12)7(4-10)8(6)5-11;1-3-2/h2-5,10,12H,1H3;3H,1-2H3. The molecule has 1 aromatic carbocycles. The molecule has 0 aromatic heterocycles. The molecule has 4 nitrogen and oxygen atoms in total. The first-order valence-electron chi connectivity index (χ1n) is 4.49. The summed E-state index contributed by atoms with van der Waals surface area (Å²) >= 11 is 0. The minimum Gasteiger partial charge on any atom is -0.507 e. The molecular formula is C11H16N2O2. The van der Waals surface area contributed by atoms with Crippen LogP contribution in [0.4, 0.5) is 0 Å². The third kappa shape index (κ3) is 3.52. The molecule has 0 fully saturated rings. The zero-order valence-corrected chi connectivity index (χ0v) is 9.16. The van der Waals surface area contributed by atoms with Crippen LogP contribution in [0.5, 0.6) is 5.75 Å². The van der Waals surface area contributed by atoms with Crippen molar-refractivity contribution >= 4 is 12.5 Å². The van der Waals surface area contributed by atoms with Gasteiger partial charge in [0, 0.05) is 17.3 Å². The molecule has 0 saturated heterocycles. The Labute approximate surface area is 89.5 Å². The third-order valence-corrected chi connectivity index (χ3v) is 1.74. The lowest BCUT2D eigenvalue weighted by atomic mass is 10.0. The second-order valence-electron chi connectivity index (χ2n) is 2.99. The first-order valence-corrected chi connectivity index (χ1v) is 4.49. The van der Waals surface area contributed by atoms with Crippen LogP contribution in [0.25, 0.3) is 0 Å². The monoisotopic (exact) mass is 208 g/mol. The van der Waals surface area contributed by atoms with E-state index in [9.17, 15) is 9.90 Å². The highest BCUT2D eigenvalue weighted by atomic mass is 16.3. The molecule has 82 valence electrons. The SMILES string of the molecule is CNC.Cc1ccc(O)c(C=N)c1C=O. The van der Waals surface area contributed by atoms with Gasteiger partial charge in [0.2, 0.25) is 0 Å². The highest BCUT2D eigenvalue weighted by Gasteiger charge is 2.06. The van der Waals surface area contributed by atoms with Crippen LogP contribution in [0.1, 0.15) is 21.5 Å². The summed E-state index contributed by atoms with van der Waals surface area (Å²) in [7, 11) is 3.75. The molecule has 0 bridgehead atoms. The summed E-state index contributed by atoms with van der Waals surface area (Å²) in [4.78, 5) is 10.5. The second kappa shape index (κ2) is 6.73. The maximum Gasteiger partial charge on any atom is 0.151 e. The van der Waals surface area contributed by atoms with Crippen molar-refractivity contribution in [3.05, 3.63) is 28.8 Å². The minimum absolute atomic E-state index is 0.0299. The number of benzene rings is 1. The number of aromatic hydroxyl groups is 1. The van der Waals surface area contributed by atoms with Gasteiger partial charge in [-0.25, -0.2) is 0 Å². The molecule has 0 heterocycles. The van der Waals surface area contributed by atoms with E-state index in [1.165, 1.54) is 6.07 Å². The zero-order valence-electron chi connectivity index (χ0n) is 9.16. The van der Waals surface area contributed by atoms with Crippen molar-refractivity contribution in [2.45, 2.75) is 6.92 Å². The van der Waals surface area contributed by atoms with Crippen molar-refractivity contribution in [2.24, 2.45) is 0 Å². The van der Waals surface area contributed by atoms with Gasteiger partial charge in [0.25, 0.3) is 0 Å². The first-order chi connectivity index (χ1) is 7.12. The minimum atomic E-state index is -0.0299. The summed E-state index contributed by atoms with van der Waals surface area (Å²) < 4.78 is 0. The van der Waals surface area contributed by atoms with E-state index in [0.29, 0.717) is 11.8 Å². The summed E-state index contributed by atoms with van der Waals surface area (Å²) in [6, 6.07) is 3.12. The lowest BCUT2D eigenvalue weighted by molar-refractivity contribution is 0.112. The molecule has 1 rings (SSSR count). The van der Waals surface area contributed by atoms with Crippen LogP contribution >= 0.6 is 0 Å². The van der Waals surface area contributed by atoms with Crippen LogP contribution in [0.15, 0.2) is 12.1 Å². The van der Waals surface area contributed by atoms with Gasteiger partial charge in [-0.1, -0.05) is 6.07 Å². The van der Waals surface area contributed by atoms with Crippen LogP contribution in [0.2, 0.25) is 0 Å². The Morgan fingerprint density at radius 1 is 1.33 bits per heavy atom. The summed E-state index contributed by atoms with van der Waals surface area (Å²) in [5.74, 6) is -0.0299. The zero-order chi connectivity index (χ0) is 11.8. The molecule has 0 saturated carbocycles. The second-order valence-corrected chi connectivity index (χ2v) is 2.99. The van der Waals surface area contributed by atoms with Gasteiger partial charge in [-0.2, -0.15) is 0 Å². The van der Waals surface area contributed by atoms with Crippen molar-refractivity contribution in [3.63, 3.8) is 0 Å². The lowest BCUT2D eigenvalue weighted by Gasteiger charge is -2.03. The number of carbonyl (C=O) groups excluding carboxylic acids is 1. The number of carbonyl (C=O) groups is 1. The van der Waals surface area contributed by atoms with E-state index in [1.54, 1.807) is 13.0 Å². The Morgan fingerprint density at radius 2 is 1.87 bits per heavy atom. The van der Waals surface area contributed by atoms with Gasteiger partial charge in [-0.15, -0.1) is 0 Å². The van der Waals surface area contributed by atoms with Crippen molar-refractivity contribution in [1.82, 2.24) is 5.32 Å². The Hall–Kier alpha value is -1.68. The molecule has 15 heavy (non-hydrogen) atoms. The summed E-state index contributed by atoms with van der Waals surface area (Å²) in [5.41, 5.74) is 1.43. The number of aryl methyl sites for hydroxylation is 1. The third-order valence-electron chi connectivity index (χ3n) is 1.74. The van der Waals surface area contributed by atoms with Gasteiger partial charge >= 0.3 is 0 Å². The first kappa shape index (κ1) is 13.3. The summed E-state index contributed by atoms with van der Waals surface area (Å²) in [5, 5.41) is 19.0. The quantitative estimate of drug-likeness (QED) is 0.507. The molecule has 0 amide bonds. The average molecular weight is 208 g/mol. The largest absolute Gasteiger partial charge is 0.507 e. The average Bonchev–Trinajstić information content (AvgIpc) is 2.22. The number of phenolic OH excluding ortho intramolecular Hbond substituents is 1. The molecule has 0 aliphatic carbocycles. The van der Waals surface area contributed by atoms with Crippen LogP contribution in [0.3, 0.4) is 0 Å². The van der Waals surface area contributed by atoms with Crippen molar-refractivity contribution in [1.29, 1.82) is 5.41 Å². The molecule has 3 N–H and O–H groups in total. The maximum atomic E-state index is 10.5. The molecule has 0 spiro atoms. The fraction of sp³-hybridized carbons (Fsp3) is 0.273. The van der Waals surface area contributed by atoms with Gasteiger partial charge in [-0.3, -0.25) is 4.79 Å². The molecule has 1 aromatic rings. The molecular weight excluding hydrogens is 192 g/mol. The number of phenols is 1. The fourth-order valence-corrected chi connectivity index (χ4v) is 1.04. The smallest absolute Gasteiger partial charge is 0.151 e. The van der Waals surface area contributed by atoms with Crippen LogP contribution in [-0.2, 0) is 0 Å². The van der Waals surface area contributed by atoms with E-state index < -0.39 is 0 Å². The van der Waals surface area contributed by atoms with Crippen molar-refractivity contribution in [2.75, 3.05) is 14.1 Å². The van der Waals surface area contributed by atoms with Crippen LogP contribution in [0, 0.1) is 12.3 Å². The van der Waals surface area contributed by atoms with Gasteiger partial charge < -0.3 is 15.8 Å². The fourth-order valence-electron chi connectivity index (χ4n) is 1.04. The number of hydrogen-bond acceptors (Lipinski definition) is 4.